The van der Waals surface area contributed by atoms with Crippen molar-refractivity contribution in [2.45, 2.75) is 30.1 Å². The molecule has 152 valence electrons. The van der Waals surface area contributed by atoms with Gasteiger partial charge in [-0.15, -0.1) is 0 Å². The monoisotopic (exact) mass is 417 g/mol. The quantitative estimate of drug-likeness (QED) is 0.800. The van der Waals surface area contributed by atoms with Crippen LogP contribution in [0.4, 0.5) is 15.8 Å². The summed E-state index contributed by atoms with van der Waals surface area (Å²) < 4.78 is 40.4. The molecule has 1 unspecified atom stereocenters. The molecule has 2 aromatic carbocycles. The molecule has 0 aromatic heterocycles. The lowest BCUT2D eigenvalue weighted by Crippen LogP contribution is -2.31. The highest BCUT2D eigenvalue weighted by atomic mass is 32.2. The maximum absolute atomic E-state index is 13.5. The summed E-state index contributed by atoms with van der Waals surface area (Å²) in [5.41, 5.74) is 1.11. The normalized spacial score (nSPS) is 19.5. The number of fused-ring (bicyclic) bond motifs is 1. The zero-order chi connectivity index (χ0) is 20.6. The summed E-state index contributed by atoms with van der Waals surface area (Å²) in [5, 5.41) is 5.26. The zero-order valence-electron chi connectivity index (χ0n) is 15.5. The van der Waals surface area contributed by atoms with Crippen LogP contribution in [-0.2, 0) is 19.6 Å². The summed E-state index contributed by atoms with van der Waals surface area (Å²) >= 11 is 0. The second kappa shape index (κ2) is 7.57. The van der Waals surface area contributed by atoms with Crippen LogP contribution in [0.25, 0.3) is 0 Å². The number of hydrogen-bond acceptors (Lipinski definition) is 4. The fourth-order valence-corrected chi connectivity index (χ4v) is 5.28. The molecule has 0 aliphatic carbocycles. The van der Waals surface area contributed by atoms with Gasteiger partial charge in [0.15, 0.2) is 0 Å². The molecule has 0 saturated carbocycles. The average molecular weight is 417 g/mol. The van der Waals surface area contributed by atoms with E-state index in [1.54, 1.807) is 12.1 Å². The number of halogens is 1. The number of hydrogen-bond donors (Lipinski definition) is 2. The first-order chi connectivity index (χ1) is 13.8. The van der Waals surface area contributed by atoms with Gasteiger partial charge < -0.3 is 10.6 Å². The third kappa shape index (κ3) is 3.88. The van der Waals surface area contributed by atoms with Crippen molar-refractivity contribution < 1.29 is 22.4 Å². The number of amides is 2. The second-order valence-electron chi connectivity index (χ2n) is 7.16. The third-order valence-electron chi connectivity index (χ3n) is 5.18. The third-order valence-corrected chi connectivity index (χ3v) is 7.07. The van der Waals surface area contributed by atoms with Crippen molar-refractivity contribution in [3.63, 3.8) is 0 Å². The van der Waals surface area contributed by atoms with Crippen LogP contribution in [0.3, 0.4) is 0 Å². The van der Waals surface area contributed by atoms with Gasteiger partial charge in [0.05, 0.1) is 10.8 Å². The predicted octanol–water partition coefficient (Wildman–Crippen LogP) is 2.67. The van der Waals surface area contributed by atoms with Crippen LogP contribution in [-0.4, -0.2) is 37.6 Å². The van der Waals surface area contributed by atoms with Crippen molar-refractivity contribution in [1.82, 2.24) is 4.31 Å². The Balaban J connectivity index is 1.57. The Kier molecular flexibility index (Phi) is 5.10. The maximum atomic E-state index is 13.5. The maximum Gasteiger partial charge on any atom is 0.243 e. The van der Waals surface area contributed by atoms with Crippen LogP contribution in [0.5, 0.6) is 0 Å². The van der Waals surface area contributed by atoms with Crippen molar-refractivity contribution >= 4 is 33.2 Å². The van der Waals surface area contributed by atoms with Gasteiger partial charge >= 0.3 is 0 Å². The topological polar surface area (TPSA) is 95.6 Å². The van der Waals surface area contributed by atoms with E-state index in [1.165, 1.54) is 34.6 Å². The number of nitrogens with one attached hydrogen (secondary N) is 2. The molecular formula is C20H20FN3O4S. The van der Waals surface area contributed by atoms with Crippen LogP contribution in [0.15, 0.2) is 47.4 Å². The number of rotatable bonds is 4. The summed E-state index contributed by atoms with van der Waals surface area (Å²) in [6, 6.07) is 9.96. The highest BCUT2D eigenvalue weighted by Gasteiger charge is 2.31. The molecule has 0 radical (unpaired) electrons. The lowest BCUT2D eigenvalue weighted by molar-refractivity contribution is -0.123. The fraction of sp³-hybridized carbons (Fsp3) is 0.300. The molecule has 7 nitrogen and oxygen atoms in total. The lowest BCUT2D eigenvalue weighted by atomic mass is 9.89. The standard InChI is InChI=1S/C20H20FN3O4S/c21-13-6-7-16-17(12-19(25)23-18(16)10-13)20(26)22-14-4-3-5-15(11-14)29(27,28)24-8-1-2-9-24/h3-7,10-11,17H,1-2,8-9,12H2,(H,22,26)(H,23,25). The van der Waals surface area contributed by atoms with Gasteiger partial charge in [-0.1, -0.05) is 12.1 Å². The summed E-state index contributed by atoms with van der Waals surface area (Å²) in [4.78, 5) is 24.9. The molecule has 2 amide bonds. The number of anilines is 2. The Morgan fingerprint density at radius 1 is 1.14 bits per heavy atom. The van der Waals surface area contributed by atoms with E-state index in [1.807, 2.05) is 0 Å². The molecule has 1 fully saturated rings. The molecule has 2 aliphatic heterocycles. The summed E-state index contributed by atoms with van der Waals surface area (Å²) in [6.45, 7) is 0.979. The van der Waals surface area contributed by atoms with Gasteiger partial charge in [0.1, 0.15) is 5.82 Å². The molecule has 0 spiro atoms. The molecule has 1 saturated heterocycles. The van der Waals surface area contributed by atoms with Crippen LogP contribution in [0, 0.1) is 5.82 Å². The van der Waals surface area contributed by atoms with Gasteiger partial charge in [-0.05, 0) is 48.7 Å². The minimum atomic E-state index is -3.61. The molecule has 4 rings (SSSR count). The largest absolute Gasteiger partial charge is 0.326 e. The SMILES string of the molecule is O=C1CC(C(=O)Nc2cccc(S(=O)(=O)N3CCCC3)c2)c2ccc(F)cc2N1. The lowest BCUT2D eigenvalue weighted by Gasteiger charge is -2.25. The van der Waals surface area contributed by atoms with E-state index >= 15 is 0 Å². The molecule has 0 bridgehead atoms. The van der Waals surface area contributed by atoms with Crippen LogP contribution >= 0.6 is 0 Å². The van der Waals surface area contributed by atoms with Gasteiger partial charge in [-0.3, -0.25) is 9.59 Å². The van der Waals surface area contributed by atoms with Crippen LogP contribution in [0.2, 0.25) is 0 Å². The van der Waals surface area contributed by atoms with Gasteiger partial charge in [-0.2, -0.15) is 4.31 Å². The van der Waals surface area contributed by atoms with E-state index in [0.717, 1.165) is 12.8 Å². The Labute approximate surface area is 168 Å². The Morgan fingerprint density at radius 2 is 1.90 bits per heavy atom. The molecule has 2 N–H and O–H groups in total. The molecule has 1 atom stereocenters. The fourth-order valence-electron chi connectivity index (χ4n) is 3.71. The van der Waals surface area contributed by atoms with Gasteiger partial charge in [0.2, 0.25) is 21.8 Å². The van der Waals surface area contributed by atoms with Crippen LogP contribution < -0.4 is 10.6 Å². The molecule has 2 aliphatic rings. The number of sulfonamides is 1. The Hall–Kier alpha value is -2.78. The van der Waals surface area contributed by atoms with E-state index in [2.05, 4.69) is 10.6 Å². The summed E-state index contributed by atoms with van der Waals surface area (Å²) in [6.07, 6.45) is 1.59. The molecule has 2 aromatic rings. The first-order valence-electron chi connectivity index (χ1n) is 9.35. The number of benzene rings is 2. The van der Waals surface area contributed by atoms with E-state index in [0.29, 0.717) is 24.3 Å². The first kappa shape index (κ1) is 19.5. The number of carbonyl (C=O) groups is 2. The van der Waals surface area contributed by atoms with E-state index in [-0.39, 0.29) is 22.9 Å². The molecule has 2 heterocycles. The summed E-state index contributed by atoms with van der Waals surface area (Å²) in [7, 11) is -3.61. The predicted molar refractivity (Wildman–Crippen MR) is 105 cm³/mol. The average Bonchev–Trinajstić information content (AvgIpc) is 3.23. The van der Waals surface area contributed by atoms with Gasteiger partial charge in [-0.25, -0.2) is 12.8 Å². The van der Waals surface area contributed by atoms with Crippen molar-refractivity contribution in [2.75, 3.05) is 23.7 Å². The zero-order valence-corrected chi connectivity index (χ0v) is 16.3. The highest BCUT2D eigenvalue weighted by molar-refractivity contribution is 7.89. The van der Waals surface area contributed by atoms with Gasteiger partial charge in [0, 0.05) is 30.9 Å². The minimum absolute atomic E-state index is 0.0732. The van der Waals surface area contributed by atoms with Crippen LogP contribution in [0.1, 0.15) is 30.7 Å². The summed E-state index contributed by atoms with van der Waals surface area (Å²) in [5.74, 6) is -2.14. The number of carbonyl (C=O) groups excluding carboxylic acids is 2. The second-order valence-corrected chi connectivity index (χ2v) is 9.10. The Bertz CT molecular complexity index is 1080. The highest BCUT2D eigenvalue weighted by Crippen LogP contribution is 2.34. The molecular weight excluding hydrogens is 397 g/mol. The minimum Gasteiger partial charge on any atom is -0.326 e. The molecule has 9 heteroatoms. The van der Waals surface area contributed by atoms with E-state index < -0.39 is 27.7 Å². The van der Waals surface area contributed by atoms with Crippen molar-refractivity contribution in [1.29, 1.82) is 0 Å². The molecule has 29 heavy (non-hydrogen) atoms. The van der Waals surface area contributed by atoms with Crippen molar-refractivity contribution in [3.05, 3.63) is 53.8 Å². The first-order valence-corrected chi connectivity index (χ1v) is 10.8. The van der Waals surface area contributed by atoms with E-state index in [4.69, 9.17) is 0 Å². The smallest absolute Gasteiger partial charge is 0.243 e. The Morgan fingerprint density at radius 3 is 2.66 bits per heavy atom. The van der Waals surface area contributed by atoms with Gasteiger partial charge in [0.25, 0.3) is 0 Å². The van der Waals surface area contributed by atoms with Crippen molar-refractivity contribution in [3.8, 4) is 0 Å². The van der Waals surface area contributed by atoms with E-state index in [9.17, 15) is 22.4 Å². The van der Waals surface area contributed by atoms with Crippen molar-refractivity contribution in [2.24, 2.45) is 0 Å². The number of nitrogens with zero attached hydrogens (tertiary/aromatic N) is 1.